The minimum absolute atomic E-state index is 0.0625. The van der Waals surface area contributed by atoms with Crippen molar-refractivity contribution in [1.29, 1.82) is 0 Å². The van der Waals surface area contributed by atoms with E-state index in [9.17, 15) is 31.1 Å². The van der Waals surface area contributed by atoms with Crippen LogP contribution in [-0.4, -0.2) is 77.0 Å². The summed E-state index contributed by atoms with van der Waals surface area (Å²) in [5.74, 6) is -0.826. The fraction of sp³-hybridized carbons (Fsp3) is 0.447. The van der Waals surface area contributed by atoms with Gasteiger partial charge in [-0.25, -0.2) is 0 Å². The molecule has 1 atom stereocenters. The van der Waals surface area contributed by atoms with Crippen LogP contribution < -0.4 is 0 Å². The first kappa shape index (κ1) is 33.7. The molecule has 0 saturated carbocycles. The van der Waals surface area contributed by atoms with Crippen molar-refractivity contribution >= 4 is 16.8 Å². The van der Waals surface area contributed by atoms with Gasteiger partial charge in [-0.2, -0.15) is 26.3 Å². The summed E-state index contributed by atoms with van der Waals surface area (Å²) in [6, 6.07) is 19.2. The van der Waals surface area contributed by atoms with Gasteiger partial charge in [0.1, 0.15) is 0 Å². The third kappa shape index (κ3) is 6.97. The van der Waals surface area contributed by atoms with Crippen LogP contribution in [0.2, 0.25) is 0 Å². The summed E-state index contributed by atoms with van der Waals surface area (Å²) in [6.07, 6.45) is -2.54. The number of benzene rings is 3. The van der Waals surface area contributed by atoms with Crippen molar-refractivity contribution in [3.8, 4) is 0 Å². The topological polar surface area (TPSA) is 31.7 Å². The van der Waals surface area contributed by atoms with Gasteiger partial charge < -0.3 is 14.4 Å². The maximum absolute atomic E-state index is 13.8. The van der Waals surface area contributed by atoms with Crippen LogP contribution in [0, 0.1) is 0 Å². The van der Waals surface area contributed by atoms with Gasteiger partial charge in [0.25, 0.3) is 5.91 Å². The number of hydrogen-bond donors (Lipinski definition) is 0. The monoisotopic (exact) mass is 682 g/mol. The largest absolute Gasteiger partial charge is 0.416 e. The molecule has 0 radical (unpaired) electrons. The smallest absolute Gasteiger partial charge is 0.345 e. The lowest BCUT2D eigenvalue weighted by Gasteiger charge is -2.43. The number of halogens is 6. The standard InChI is InChI=1S/C38H40F6N4O/c39-37(40,41)30-22-29(23-31(24-30)38(42,43)44)35(49)48-21-20-46(25-32(48)26-47-17-11-28-7-2-4-9-34(28)47)16-5-15-45-18-13-36(14-19-45)12-10-27-6-1-3-8-33(27)36/h1-4,6-9,11,17,22-24,32H,5,10,12-16,18-21,25-26H2/t32-/m1/s1. The second-order valence-corrected chi connectivity index (χ2v) is 13.9. The van der Waals surface area contributed by atoms with Crippen molar-refractivity contribution in [2.24, 2.45) is 0 Å². The number of hydrogen-bond acceptors (Lipinski definition) is 3. The number of carbonyl (C=O) groups is 1. The van der Waals surface area contributed by atoms with Crippen molar-refractivity contribution < 1.29 is 31.1 Å². The third-order valence-electron chi connectivity index (χ3n) is 11.0. The number of carbonyl (C=O) groups excluding carboxylic acids is 1. The van der Waals surface area contributed by atoms with Gasteiger partial charge >= 0.3 is 12.4 Å². The highest BCUT2D eigenvalue weighted by Gasteiger charge is 2.41. The van der Waals surface area contributed by atoms with E-state index in [4.69, 9.17) is 0 Å². The van der Waals surface area contributed by atoms with Crippen LogP contribution in [0.3, 0.4) is 0 Å². The molecule has 0 N–H and O–H groups in total. The van der Waals surface area contributed by atoms with Crippen LogP contribution in [0.15, 0.2) is 79.0 Å². The molecular formula is C38H40F6N4O. The molecule has 1 amide bonds. The Labute approximate surface area is 282 Å². The Bertz CT molecular complexity index is 1770. The van der Waals surface area contributed by atoms with Crippen LogP contribution in [-0.2, 0) is 30.7 Å². The molecule has 4 aromatic rings. The van der Waals surface area contributed by atoms with Crippen LogP contribution >= 0.6 is 0 Å². The highest BCUT2D eigenvalue weighted by Crippen LogP contribution is 2.46. The molecule has 1 aliphatic carbocycles. The van der Waals surface area contributed by atoms with Crippen molar-refractivity contribution in [2.75, 3.05) is 45.8 Å². The number of piperidine rings is 1. The van der Waals surface area contributed by atoms with E-state index in [2.05, 4.69) is 34.1 Å². The Morgan fingerprint density at radius 2 is 1.43 bits per heavy atom. The van der Waals surface area contributed by atoms with Gasteiger partial charge in [0.15, 0.2) is 0 Å². The predicted octanol–water partition coefficient (Wildman–Crippen LogP) is 7.88. The zero-order valence-corrected chi connectivity index (χ0v) is 27.2. The zero-order chi connectivity index (χ0) is 34.4. The molecule has 1 aromatic heterocycles. The Hall–Kier alpha value is -3.83. The minimum Gasteiger partial charge on any atom is -0.345 e. The number of fused-ring (bicyclic) bond motifs is 3. The van der Waals surface area contributed by atoms with Crippen molar-refractivity contribution in [3.05, 3.63) is 107 Å². The Balaban J connectivity index is 1.04. The summed E-state index contributed by atoms with van der Waals surface area (Å²) >= 11 is 0. The molecule has 7 rings (SSSR count). The fourth-order valence-corrected chi connectivity index (χ4v) is 8.32. The number of likely N-dealkylation sites (tertiary alicyclic amines) is 1. The lowest BCUT2D eigenvalue weighted by atomic mass is 9.74. The number of rotatable bonds is 7. The van der Waals surface area contributed by atoms with Gasteiger partial charge in [-0.05, 0) is 111 Å². The average Bonchev–Trinajstić information content (AvgIpc) is 3.66. The van der Waals surface area contributed by atoms with Gasteiger partial charge in [0, 0.05) is 43.5 Å². The first-order chi connectivity index (χ1) is 23.4. The molecule has 0 unspecified atom stereocenters. The Kier molecular flexibility index (Phi) is 9.02. The van der Waals surface area contributed by atoms with Crippen LogP contribution in [0.1, 0.15) is 58.3 Å². The number of alkyl halides is 6. The quantitative estimate of drug-likeness (QED) is 0.186. The molecule has 3 aromatic carbocycles. The highest BCUT2D eigenvalue weighted by molar-refractivity contribution is 5.95. The van der Waals surface area contributed by atoms with Gasteiger partial charge in [0.2, 0.25) is 0 Å². The molecule has 2 aliphatic heterocycles. The second-order valence-electron chi connectivity index (χ2n) is 13.9. The molecule has 11 heteroatoms. The molecule has 260 valence electrons. The van der Waals surface area contributed by atoms with Gasteiger partial charge in [-0.1, -0.05) is 42.5 Å². The van der Waals surface area contributed by atoms with Gasteiger partial charge in [-0.3, -0.25) is 9.69 Å². The lowest BCUT2D eigenvalue weighted by Crippen LogP contribution is -2.56. The van der Waals surface area contributed by atoms with E-state index in [0.29, 0.717) is 37.2 Å². The van der Waals surface area contributed by atoms with E-state index in [1.165, 1.54) is 22.4 Å². The SMILES string of the molecule is O=C(c1cc(C(F)(F)F)cc(C(F)(F)F)c1)N1CCN(CCCN2CCC3(CCc4ccccc43)CC2)C[C@@H]1Cn1ccc2ccccc21. The predicted molar refractivity (Wildman–Crippen MR) is 176 cm³/mol. The normalized spacial score (nSPS) is 20.3. The Morgan fingerprint density at radius 3 is 2.16 bits per heavy atom. The third-order valence-corrected chi connectivity index (χ3v) is 11.0. The highest BCUT2D eigenvalue weighted by atomic mass is 19.4. The molecule has 3 aliphatic rings. The van der Waals surface area contributed by atoms with Crippen LogP contribution in [0.4, 0.5) is 26.3 Å². The van der Waals surface area contributed by atoms with E-state index in [1.54, 1.807) is 0 Å². The number of aryl methyl sites for hydroxylation is 1. The van der Waals surface area contributed by atoms with Crippen molar-refractivity contribution in [2.45, 2.75) is 62.5 Å². The van der Waals surface area contributed by atoms with E-state index in [0.717, 1.165) is 62.8 Å². The number of aromatic nitrogens is 1. The van der Waals surface area contributed by atoms with Crippen LogP contribution in [0.25, 0.3) is 10.9 Å². The summed E-state index contributed by atoms with van der Waals surface area (Å²) in [5, 5.41) is 1.00. The first-order valence-corrected chi connectivity index (χ1v) is 17.1. The minimum atomic E-state index is -5.03. The maximum Gasteiger partial charge on any atom is 0.416 e. The average molecular weight is 683 g/mol. The number of para-hydroxylation sites is 1. The molecule has 0 bridgehead atoms. The van der Waals surface area contributed by atoms with Crippen molar-refractivity contribution in [1.82, 2.24) is 19.3 Å². The molecule has 2 saturated heterocycles. The molecule has 3 heterocycles. The number of amides is 1. The molecule has 1 spiro atoms. The summed E-state index contributed by atoms with van der Waals surface area (Å²) in [4.78, 5) is 20.1. The van der Waals surface area contributed by atoms with Crippen LogP contribution in [0.5, 0.6) is 0 Å². The van der Waals surface area contributed by atoms with E-state index >= 15 is 0 Å². The van der Waals surface area contributed by atoms with Gasteiger partial charge in [0.05, 0.1) is 17.2 Å². The molecular weight excluding hydrogens is 642 g/mol. The zero-order valence-electron chi connectivity index (χ0n) is 27.2. The summed E-state index contributed by atoms with van der Waals surface area (Å²) in [6.45, 7) is 5.35. The molecule has 2 fully saturated rings. The summed E-state index contributed by atoms with van der Waals surface area (Å²) in [7, 11) is 0. The summed E-state index contributed by atoms with van der Waals surface area (Å²) < 4.78 is 83.9. The fourth-order valence-electron chi connectivity index (χ4n) is 8.32. The first-order valence-electron chi connectivity index (χ1n) is 17.1. The molecule has 49 heavy (non-hydrogen) atoms. The number of nitrogens with zero attached hydrogens (tertiary/aromatic N) is 4. The second kappa shape index (κ2) is 13.1. The van der Waals surface area contributed by atoms with Gasteiger partial charge in [-0.15, -0.1) is 0 Å². The molecule has 5 nitrogen and oxygen atoms in total. The maximum atomic E-state index is 13.8. The lowest BCUT2D eigenvalue weighted by molar-refractivity contribution is -0.143. The van der Waals surface area contributed by atoms with E-state index < -0.39 is 41.0 Å². The number of piperazine rings is 1. The summed E-state index contributed by atoms with van der Waals surface area (Å²) in [5.41, 5.74) is 0.681. The Morgan fingerprint density at radius 1 is 0.755 bits per heavy atom. The van der Waals surface area contributed by atoms with Crippen molar-refractivity contribution in [3.63, 3.8) is 0 Å². The van der Waals surface area contributed by atoms with E-state index in [1.807, 2.05) is 41.1 Å². The van der Waals surface area contributed by atoms with E-state index in [-0.39, 0.29) is 12.6 Å².